The van der Waals surface area contributed by atoms with Gasteiger partial charge in [0, 0.05) is 10.9 Å². The molecule has 1 aliphatic rings. The molecule has 0 spiro atoms. The van der Waals surface area contributed by atoms with E-state index in [2.05, 4.69) is 10.6 Å². The fraction of sp³-hybridized carbons (Fsp3) is 0.400. The van der Waals surface area contributed by atoms with Gasteiger partial charge in [-0.15, -0.1) is 11.8 Å². The predicted octanol–water partition coefficient (Wildman–Crippen LogP) is 5.70. The predicted molar refractivity (Wildman–Crippen MR) is 132 cm³/mol. The van der Waals surface area contributed by atoms with Crippen molar-refractivity contribution in [2.24, 2.45) is 0 Å². The second kappa shape index (κ2) is 12.7. The Kier molecular flexibility index (Phi) is 9.63. The van der Waals surface area contributed by atoms with Crippen LogP contribution in [0.15, 0.2) is 47.4 Å². The van der Waals surface area contributed by atoms with E-state index in [0.29, 0.717) is 21.2 Å². The summed E-state index contributed by atoms with van der Waals surface area (Å²) in [6.45, 7) is 0. The number of hydrogen-bond donors (Lipinski definition) is 2. The van der Waals surface area contributed by atoms with Crippen LogP contribution in [0.2, 0.25) is 5.02 Å². The van der Waals surface area contributed by atoms with Crippen molar-refractivity contribution in [1.29, 1.82) is 0 Å². The second-order valence-corrected chi connectivity index (χ2v) is 9.46. The number of thioether (sulfide) groups is 1. The first-order valence-corrected chi connectivity index (χ1v) is 12.5. The van der Waals surface area contributed by atoms with E-state index in [4.69, 9.17) is 16.3 Å². The zero-order valence-corrected chi connectivity index (χ0v) is 20.3. The van der Waals surface area contributed by atoms with Crippen molar-refractivity contribution in [3.05, 3.63) is 58.6 Å². The SMILES string of the molecule is COC(=O)c1ccc(Cl)c(NC(=O)c2ccccc2SCC(=O)NC2CCCCCCC2)c1. The largest absolute Gasteiger partial charge is 0.465 e. The lowest BCUT2D eigenvalue weighted by atomic mass is 9.97. The molecule has 3 rings (SSSR count). The molecule has 0 heterocycles. The second-order valence-electron chi connectivity index (χ2n) is 8.03. The number of carbonyl (C=O) groups excluding carboxylic acids is 3. The number of benzene rings is 2. The van der Waals surface area contributed by atoms with Crippen LogP contribution in [0.3, 0.4) is 0 Å². The van der Waals surface area contributed by atoms with Crippen LogP contribution in [-0.2, 0) is 9.53 Å². The summed E-state index contributed by atoms with van der Waals surface area (Å²) in [7, 11) is 1.29. The number of anilines is 1. The number of halogens is 1. The van der Waals surface area contributed by atoms with E-state index in [-0.39, 0.29) is 29.2 Å². The number of esters is 1. The molecule has 8 heteroatoms. The third kappa shape index (κ3) is 7.51. The maximum absolute atomic E-state index is 13.0. The van der Waals surface area contributed by atoms with E-state index < -0.39 is 5.97 Å². The number of amides is 2. The van der Waals surface area contributed by atoms with Gasteiger partial charge in [0.2, 0.25) is 5.91 Å². The van der Waals surface area contributed by atoms with E-state index in [1.807, 2.05) is 12.1 Å². The summed E-state index contributed by atoms with van der Waals surface area (Å²) in [5.41, 5.74) is 1.03. The number of rotatable bonds is 7. The summed E-state index contributed by atoms with van der Waals surface area (Å²) in [6, 6.07) is 11.9. The minimum Gasteiger partial charge on any atom is -0.465 e. The van der Waals surface area contributed by atoms with Gasteiger partial charge in [-0.05, 0) is 43.2 Å². The number of hydrogen-bond acceptors (Lipinski definition) is 5. The fourth-order valence-corrected chi connectivity index (χ4v) is 4.87. The Balaban J connectivity index is 1.63. The number of methoxy groups -OCH3 is 1. The van der Waals surface area contributed by atoms with Crippen LogP contribution in [-0.4, -0.2) is 36.7 Å². The fourth-order valence-electron chi connectivity index (χ4n) is 3.85. The monoisotopic (exact) mass is 488 g/mol. The molecule has 0 radical (unpaired) electrons. The van der Waals surface area contributed by atoms with Gasteiger partial charge in [0.15, 0.2) is 0 Å². The summed E-state index contributed by atoms with van der Waals surface area (Å²) in [4.78, 5) is 38.0. The summed E-state index contributed by atoms with van der Waals surface area (Å²) < 4.78 is 4.73. The van der Waals surface area contributed by atoms with Gasteiger partial charge in [0.05, 0.1) is 34.7 Å². The molecule has 0 unspecified atom stereocenters. The average molecular weight is 489 g/mol. The molecule has 0 saturated heterocycles. The van der Waals surface area contributed by atoms with Gasteiger partial charge in [-0.25, -0.2) is 4.79 Å². The van der Waals surface area contributed by atoms with Crippen LogP contribution >= 0.6 is 23.4 Å². The first kappa shape index (κ1) is 25.1. The van der Waals surface area contributed by atoms with Gasteiger partial charge in [0.25, 0.3) is 5.91 Å². The molecule has 1 aliphatic carbocycles. The molecule has 6 nitrogen and oxygen atoms in total. The maximum atomic E-state index is 13.0. The van der Waals surface area contributed by atoms with E-state index in [1.54, 1.807) is 12.1 Å². The molecular weight excluding hydrogens is 460 g/mol. The molecule has 0 aromatic heterocycles. The van der Waals surface area contributed by atoms with Crippen LogP contribution in [0.5, 0.6) is 0 Å². The molecule has 1 fully saturated rings. The van der Waals surface area contributed by atoms with Gasteiger partial charge in [0.1, 0.15) is 0 Å². The average Bonchev–Trinajstić information content (AvgIpc) is 2.80. The summed E-state index contributed by atoms with van der Waals surface area (Å²) >= 11 is 7.54. The lowest BCUT2D eigenvalue weighted by molar-refractivity contribution is -0.119. The molecule has 2 aromatic carbocycles. The van der Waals surface area contributed by atoms with E-state index in [0.717, 1.165) is 25.7 Å². The maximum Gasteiger partial charge on any atom is 0.337 e. The quantitative estimate of drug-likeness (QED) is 0.385. The zero-order chi connectivity index (χ0) is 23.6. The molecule has 0 atom stereocenters. The Labute approximate surface area is 203 Å². The highest BCUT2D eigenvalue weighted by molar-refractivity contribution is 8.00. The van der Waals surface area contributed by atoms with Crippen molar-refractivity contribution in [3.8, 4) is 0 Å². The smallest absolute Gasteiger partial charge is 0.337 e. The third-order valence-electron chi connectivity index (χ3n) is 5.60. The summed E-state index contributed by atoms with van der Waals surface area (Å²) in [5, 5.41) is 6.22. The van der Waals surface area contributed by atoms with Crippen molar-refractivity contribution in [3.63, 3.8) is 0 Å². The van der Waals surface area contributed by atoms with Crippen LogP contribution in [0.25, 0.3) is 0 Å². The highest BCUT2D eigenvalue weighted by atomic mass is 35.5. The van der Waals surface area contributed by atoms with Crippen molar-refractivity contribution in [2.75, 3.05) is 18.2 Å². The van der Waals surface area contributed by atoms with E-state index in [9.17, 15) is 14.4 Å². The number of ether oxygens (including phenoxy) is 1. The van der Waals surface area contributed by atoms with Crippen LogP contribution in [0.1, 0.15) is 65.7 Å². The first-order chi connectivity index (χ1) is 16.0. The van der Waals surface area contributed by atoms with Gasteiger partial charge < -0.3 is 15.4 Å². The number of nitrogens with one attached hydrogen (secondary N) is 2. The molecule has 1 saturated carbocycles. The molecule has 2 amide bonds. The van der Waals surface area contributed by atoms with Crippen molar-refractivity contribution < 1.29 is 19.1 Å². The normalized spacial score (nSPS) is 14.6. The zero-order valence-electron chi connectivity index (χ0n) is 18.7. The summed E-state index contributed by atoms with van der Waals surface area (Å²) in [6.07, 6.45) is 8.11. The van der Waals surface area contributed by atoms with E-state index >= 15 is 0 Å². The molecular formula is C25H29ClN2O4S. The van der Waals surface area contributed by atoms with Crippen LogP contribution in [0.4, 0.5) is 5.69 Å². The molecule has 0 bridgehead atoms. The molecule has 0 aliphatic heterocycles. The Hall–Kier alpha value is -2.51. The van der Waals surface area contributed by atoms with Crippen molar-refractivity contribution >= 4 is 46.8 Å². The third-order valence-corrected chi connectivity index (χ3v) is 7.00. The van der Waals surface area contributed by atoms with Crippen molar-refractivity contribution in [2.45, 2.75) is 55.9 Å². The Morgan fingerprint density at radius 3 is 2.45 bits per heavy atom. The van der Waals surface area contributed by atoms with Gasteiger partial charge in [-0.1, -0.05) is 55.8 Å². The molecule has 2 aromatic rings. The lowest BCUT2D eigenvalue weighted by Gasteiger charge is -2.21. The molecule has 2 N–H and O–H groups in total. The van der Waals surface area contributed by atoms with Crippen LogP contribution in [0, 0.1) is 0 Å². The van der Waals surface area contributed by atoms with Gasteiger partial charge in [-0.3, -0.25) is 9.59 Å². The van der Waals surface area contributed by atoms with E-state index in [1.165, 1.54) is 56.3 Å². The first-order valence-electron chi connectivity index (χ1n) is 11.2. The topological polar surface area (TPSA) is 84.5 Å². The Bertz CT molecular complexity index is 990. The minimum atomic E-state index is -0.520. The van der Waals surface area contributed by atoms with Gasteiger partial charge in [-0.2, -0.15) is 0 Å². The standard InChI is InChI=1S/C25H29ClN2O4S/c1-32-25(31)17-13-14-20(26)21(15-17)28-24(30)19-11-7-8-12-22(19)33-16-23(29)27-18-9-5-3-2-4-6-10-18/h7-8,11-15,18H,2-6,9-10,16H2,1H3,(H,27,29)(H,28,30). The van der Waals surface area contributed by atoms with Crippen molar-refractivity contribution in [1.82, 2.24) is 5.32 Å². The lowest BCUT2D eigenvalue weighted by Crippen LogP contribution is -2.36. The molecule has 176 valence electrons. The van der Waals surface area contributed by atoms with Crippen LogP contribution < -0.4 is 10.6 Å². The molecule has 33 heavy (non-hydrogen) atoms. The number of carbonyl (C=O) groups is 3. The minimum absolute atomic E-state index is 0.0189. The summed E-state index contributed by atoms with van der Waals surface area (Å²) in [5.74, 6) is -0.676. The highest BCUT2D eigenvalue weighted by Crippen LogP contribution is 2.27. The Morgan fingerprint density at radius 1 is 1.03 bits per heavy atom. The Morgan fingerprint density at radius 2 is 1.73 bits per heavy atom. The highest BCUT2D eigenvalue weighted by Gasteiger charge is 2.18. The van der Waals surface area contributed by atoms with Gasteiger partial charge >= 0.3 is 5.97 Å².